The van der Waals surface area contributed by atoms with Crippen LogP contribution in [0.2, 0.25) is 0 Å². The maximum atomic E-state index is 13.0. The summed E-state index contributed by atoms with van der Waals surface area (Å²) in [6.07, 6.45) is -2.41. The van der Waals surface area contributed by atoms with Gasteiger partial charge >= 0.3 is 6.18 Å². The maximum Gasteiger partial charge on any atom is 0.416 e. The number of aryl methyl sites for hydroxylation is 1. The van der Waals surface area contributed by atoms with Crippen molar-refractivity contribution >= 4 is 17.2 Å². The number of alkyl halides is 3. The first-order chi connectivity index (χ1) is 14.2. The van der Waals surface area contributed by atoms with Crippen molar-refractivity contribution in [1.29, 1.82) is 0 Å². The van der Waals surface area contributed by atoms with Crippen molar-refractivity contribution < 1.29 is 22.7 Å². The maximum absolute atomic E-state index is 13.0. The van der Waals surface area contributed by atoms with Crippen LogP contribution in [0.5, 0.6) is 5.75 Å². The van der Waals surface area contributed by atoms with E-state index in [-0.39, 0.29) is 17.2 Å². The number of piperidine rings is 1. The molecular formula is C21H23F3N4O2. The fourth-order valence-electron chi connectivity index (χ4n) is 3.92. The van der Waals surface area contributed by atoms with Crippen molar-refractivity contribution in [1.82, 2.24) is 14.9 Å². The van der Waals surface area contributed by atoms with E-state index in [0.717, 1.165) is 38.5 Å². The zero-order valence-corrected chi connectivity index (χ0v) is 16.8. The summed E-state index contributed by atoms with van der Waals surface area (Å²) in [5.41, 5.74) is 0.751. The lowest BCUT2D eigenvalue weighted by molar-refractivity contribution is -0.137. The number of hydrogen-bond acceptors (Lipinski definition) is 6. The molecule has 1 aliphatic heterocycles. The number of phenols is 1. The van der Waals surface area contributed by atoms with Gasteiger partial charge in [0, 0.05) is 18.2 Å². The molecule has 1 aliphatic rings. The molecule has 30 heavy (non-hydrogen) atoms. The van der Waals surface area contributed by atoms with E-state index in [9.17, 15) is 18.3 Å². The quantitative estimate of drug-likeness (QED) is 0.631. The van der Waals surface area contributed by atoms with Gasteiger partial charge in [0.2, 0.25) is 5.65 Å². The number of nitrogens with zero attached hydrogens (tertiary/aromatic N) is 3. The smallest absolute Gasteiger partial charge is 0.416 e. The molecule has 2 aromatic heterocycles. The molecule has 0 bridgehead atoms. The highest BCUT2D eigenvalue weighted by Gasteiger charge is 2.32. The average molecular weight is 420 g/mol. The number of aromatic nitrogens is 2. The monoisotopic (exact) mass is 420 g/mol. The van der Waals surface area contributed by atoms with E-state index in [1.54, 1.807) is 12.1 Å². The molecule has 0 amide bonds. The van der Waals surface area contributed by atoms with Crippen LogP contribution in [0.15, 0.2) is 28.7 Å². The molecule has 6 nitrogen and oxygen atoms in total. The molecule has 1 unspecified atom stereocenters. The van der Waals surface area contributed by atoms with Crippen LogP contribution in [0.25, 0.3) is 22.5 Å². The topological polar surface area (TPSA) is 74.4 Å². The zero-order valence-electron chi connectivity index (χ0n) is 16.8. The third-order valence-corrected chi connectivity index (χ3v) is 5.43. The third kappa shape index (κ3) is 4.07. The molecule has 2 N–H and O–H groups in total. The van der Waals surface area contributed by atoms with Gasteiger partial charge in [0.05, 0.1) is 11.3 Å². The fraction of sp³-hybridized carbons (Fsp3) is 0.429. The van der Waals surface area contributed by atoms with E-state index >= 15 is 0 Å². The molecule has 160 valence electrons. The van der Waals surface area contributed by atoms with Crippen molar-refractivity contribution in [3.63, 3.8) is 0 Å². The van der Waals surface area contributed by atoms with E-state index in [0.29, 0.717) is 29.0 Å². The summed E-state index contributed by atoms with van der Waals surface area (Å²) in [5.74, 6) is -0.474. The lowest BCUT2D eigenvalue weighted by Gasteiger charge is -2.31. The zero-order chi connectivity index (χ0) is 21.5. The summed E-state index contributed by atoms with van der Waals surface area (Å²) >= 11 is 0. The highest BCUT2D eigenvalue weighted by atomic mass is 19.4. The number of oxazole rings is 1. The van der Waals surface area contributed by atoms with Crippen LogP contribution in [0.4, 0.5) is 19.2 Å². The molecule has 3 aromatic rings. The standard InChI is InChI=1S/C21H23F3N4O2/c1-3-28-8-4-5-14(11-28)25-20-27-19-17(30-20)7-6-15(26-19)18-12(2)9-13(10-16(18)29)21(22,23)24/h6-7,9-10,14,29H,3-5,8,11H2,1-2H3,(H,25,26,27). The Morgan fingerprint density at radius 1 is 1.27 bits per heavy atom. The minimum Gasteiger partial charge on any atom is -0.507 e. The molecule has 0 radical (unpaired) electrons. The third-order valence-electron chi connectivity index (χ3n) is 5.43. The lowest BCUT2D eigenvalue weighted by Crippen LogP contribution is -2.41. The van der Waals surface area contributed by atoms with Gasteiger partial charge in [0.1, 0.15) is 5.75 Å². The average Bonchev–Trinajstić information content (AvgIpc) is 3.08. The van der Waals surface area contributed by atoms with Crippen LogP contribution in [-0.2, 0) is 6.18 Å². The Hall–Kier alpha value is -2.81. The molecule has 9 heteroatoms. The summed E-state index contributed by atoms with van der Waals surface area (Å²) in [6.45, 7) is 6.63. The predicted molar refractivity (Wildman–Crippen MR) is 107 cm³/mol. The number of hydrogen-bond donors (Lipinski definition) is 2. The Bertz CT molecular complexity index is 1040. The Labute approximate surface area is 171 Å². The van der Waals surface area contributed by atoms with Crippen LogP contribution in [0.3, 0.4) is 0 Å². The molecule has 1 aromatic carbocycles. The Balaban J connectivity index is 1.62. The molecule has 1 saturated heterocycles. The van der Waals surface area contributed by atoms with Gasteiger partial charge in [-0.1, -0.05) is 6.92 Å². The lowest BCUT2D eigenvalue weighted by atomic mass is 10.0. The van der Waals surface area contributed by atoms with Gasteiger partial charge in [-0.25, -0.2) is 4.98 Å². The van der Waals surface area contributed by atoms with Gasteiger partial charge in [0.25, 0.3) is 6.01 Å². The van der Waals surface area contributed by atoms with Crippen molar-refractivity contribution in [2.45, 2.75) is 38.9 Å². The van der Waals surface area contributed by atoms with Crippen LogP contribution in [-0.4, -0.2) is 45.7 Å². The largest absolute Gasteiger partial charge is 0.507 e. The molecule has 3 heterocycles. The van der Waals surface area contributed by atoms with E-state index in [4.69, 9.17) is 4.42 Å². The molecular weight excluding hydrogens is 397 g/mol. The highest BCUT2D eigenvalue weighted by Crippen LogP contribution is 2.39. The number of likely N-dealkylation sites (N-methyl/N-ethyl adjacent to an activating group) is 1. The van der Waals surface area contributed by atoms with Gasteiger partial charge < -0.3 is 19.7 Å². The van der Waals surface area contributed by atoms with E-state index < -0.39 is 17.5 Å². The van der Waals surface area contributed by atoms with Gasteiger partial charge in [-0.05, 0) is 62.7 Å². The van der Waals surface area contributed by atoms with Crippen molar-refractivity contribution in [2.24, 2.45) is 0 Å². The number of halogens is 3. The number of rotatable bonds is 4. The van der Waals surface area contributed by atoms with E-state index in [1.807, 2.05) is 0 Å². The van der Waals surface area contributed by atoms with Crippen molar-refractivity contribution in [3.05, 3.63) is 35.4 Å². The number of fused-ring (bicyclic) bond motifs is 1. The van der Waals surface area contributed by atoms with Gasteiger partial charge in [0.15, 0.2) is 5.58 Å². The Morgan fingerprint density at radius 2 is 2.07 bits per heavy atom. The first-order valence-electron chi connectivity index (χ1n) is 9.92. The van der Waals surface area contributed by atoms with Crippen LogP contribution < -0.4 is 5.32 Å². The summed E-state index contributed by atoms with van der Waals surface area (Å²) in [4.78, 5) is 11.2. The normalized spacial score (nSPS) is 18.1. The highest BCUT2D eigenvalue weighted by molar-refractivity contribution is 5.78. The molecule has 0 spiro atoms. The summed E-state index contributed by atoms with van der Waals surface area (Å²) in [6, 6.07) is 5.57. The van der Waals surface area contributed by atoms with Crippen LogP contribution >= 0.6 is 0 Å². The predicted octanol–water partition coefficient (Wildman–Crippen LogP) is 4.82. The second kappa shape index (κ2) is 7.79. The SMILES string of the molecule is CCN1CCCC(Nc2nc3nc(-c4c(C)cc(C(F)(F)F)cc4O)ccc3o2)C1. The van der Waals surface area contributed by atoms with Crippen molar-refractivity contribution in [2.75, 3.05) is 25.0 Å². The number of pyridine rings is 1. The number of aromatic hydroxyl groups is 1. The number of phenolic OH excluding ortho intramolecular Hbond substituents is 1. The summed E-state index contributed by atoms with van der Waals surface area (Å²) < 4.78 is 44.7. The molecule has 1 atom stereocenters. The fourth-order valence-corrected chi connectivity index (χ4v) is 3.92. The van der Waals surface area contributed by atoms with Gasteiger partial charge in [-0.2, -0.15) is 18.2 Å². The first-order valence-corrected chi connectivity index (χ1v) is 9.92. The molecule has 1 fully saturated rings. The minimum atomic E-state index is -4.53. The van der Waals surface area contributed by atoms with Gasteiger partial charge in [-0.15, -0.1) is 0 Å². The number of nitrogens with one attached hydrogen (secondary N) is 1. The second-order valence-corrected chi connectivity index (χ2v) is 7.60. The molecule has 0 aliphatic carbocycles. The summed E-state index contributed by atoms with van der Waals surface area (Å²) in [5, 5.41) is 13.5. The Morgan fingerprint density at radius 3 is 2.77 bits per heavy atom. The molecule has 0 saturated carbocycles. The second-order valence-electron chi connectivity index (χ2n) is 7.60. The van der Waals surface area contributed by atoms with E-state index in [2.05, 4.69) is 27.1 Å². The van der Waals surface area contributed by atoms with Crippen molar-refractivity contribution in [3.8, 4) is 17.0 Å². The number of anilines is 1. The number of likely N-dealkylation sites (tertiary alicyclic amines) is 1. The molecule has 4 rings (SSSR count). The Kier molecular flexibility index (Phi) is 5.31. The number of benzene rings is 1. The van der Waals surface area contributed by atoms with Gasteiger partial charge in [-0.3, -0.25) is 0 Å². The van der Waals surface area contributed by atoms with Crippen LogP contribution in [0.1, 0.15) is 30.9 Å². The minimum absolute atomic E-state index is 0.229. The van der Waals surface area contributed by atoms with Crippen LogP contribution in [0, 0.1) is 6.92 Å². The summed E-state index contributed by atoms with van der Waals surface area (Å²) in [7, 11) is 0. The first kappa shape index (κ1) is 20.5. The van der Waals surface area contributed by atoms with E-state index in [1.165, 1.54) is 6.92 Å².